The Morgan fingerprint density at radius 2 is 1.92 bits per heavy atom. The van der Waals surface area contributed by atoms with Crippen LogP contribution in [-0.4, -0.2) is 49.6 Å². The molecular formula is C19H32N4O3. The molecule has 0 aliphatic carbocycles. The summed E-state index contributed by atoms with van der Waals surface area (Å²) < 4.78 is 5.12. The van der Waals surface area contributed by atoms with E-state index in [9.17, 15) is 9.59 Å². The number of rotatable bonds is 9. The predicted molar refractivity (Wildman–Crippen MR) is 101 cm³/mol. The van der Waals surface area contributed by atoms with Crippen molar-refractivity contribution >= 4 is 11.9 Å². The van der Waals surface area contributed by atoms with Gasteiger partial charge in [0.1, 0.15) is 5.76 Å². The quantitative estimate of drug-likeness (QED) is 0.585. The third kappa shape index (κ3) is 7.91. The molecule has 2 heterocycles. The van der Waals surface area contributed by atoms with Crippen molar-refractivity contribution in [3.63, 3.8) is 0 Å². The number of piperidine rings is 1. The second-order valence-corrected chi connectivity index (χ2v) is 7.38. The van der Waals surface area contributed by atoms with Gasteiger partial charge in [0, 0.05) is 19.6 Å². The lowest BCUT2D eigenvalue weighted by Crippen LogP contribution is -2.42. The Morgan fingerprint density at radius 1 is 1.15 bits per heavy atom. The molecule has 1 aliphatic heterocycles. The molecule has 3 amide bonds. The van der Waals surface area contributed by atoms with Crippen molar-refractivity contribution in [3.05, 3.63) is 24.2 Å². The average molecular weight is 364 g/mol. The van der Waals surface area contributed by atoms with Crippen LogP contribution in [0.3, 0.4) is 0 Å². The fourth-order valence-electron chi connectivity index (χ4n) is 3.52. The van der Waals surface area contributed by atoms with E-state index in [0.29, 0.717) is 18.8 Å². The number of urea groups is 1. The first kappa shape index (κ1) is 20.3. The fraction of sp³-hybridized carbons (Fsp3) is 0.684. The third-order valence-corrected chi connectivity index (χ3v) is 4.58. The minimum absolute atomic E-state index is 0.0455. The van der Waals surface area contributed by atoms with Crippen LogP contribution in [0.25, 0.3) is 0 Å². The number of carbonyl (C=O) groups excluding carboxylic acids is 2. The molecule has 0 radical (unpaired) electrons. The van der Waals surface area contributed by atoms with Crippen molar-refractivity contribution in [1.29, 1.82) is 0 Å². The molecule has 2 rings (SSSR count). The Kier molecular flexibility index (Phi) is 8.47. The van der Waals surface area contributed by atoms with Gasteiger partial charge in [0.2, 0.25) is 5.91 Å². The molecule has 1 aromatic rings. The van der Waals surface area contributed by atoms with Gasteiger partial charge in [-0.3, -0.25) is 4.79 Å². The Labute approximate surface area is 155 Å². The first-order valence-corrected chi connectivity index (χ1v) is 9.56. The number of unbranched alkanes of at least 4 members (excludes halogenated alkanes) is 1. The molecule has 0 bridgehead atoms. The van der Waals surface area contributed by atoms with Gasteiger partial charge in [-0.15, -0.1) is 0 Å². The van der Waals surface area contributed by atoms with E-state index in [1.54, 1.807) is 18.4 Å². The van der Waals surface area contributed by atoms with Gasteiger partial charge in [-0.05, 0) is 49.8 Å². The van der Waals surface area contributed by atoms with E-state index in [-0.39, 0.29) is 18.5 Å². The molecule has 7 nitrogen and oxygen atoms in total. The maximum atomic E-state index is 11.7. The summed E-state index contributed by atoms with van der Waals surface area (Å²) in [7, 11) is 0. The van der Waals surface area contributed by atoms with Crippen LogP contribution in [0.5, 0.6) is 0 Å². The zero-order valence-electron chi connectivity index (χ0n) is 15.9. The van der Waals surface area contributed by atoms with Gasteiger partial charge in [-0.1, -0.05) is 13.8 Å². The van der Waals surface area contributed by atoms with Gasteiger partial charge >= 0.3 is 6.03 Å². The SMILES string of the molecule is CC1CC(C)CN(CCCCNC(=O)NCC(=O)NCc2ccco2)C1. The van der Waals surface area contributed by atoms with Crippen molar-refractivity contribution in [2.75, 3.05) is 32.7 Å². The maximum Gasteiger partial charge on any atom is 0.315 e. The standard InChI is InChI=1S/C19H32N4O3/c1-15-10-16(2)14-23(13-15)8-4-3-7-20-19(25)22-12-18(24)21-11-17-6-5-9-26-17/h5-6,9,15-16H,3-4,7-8,10-14H2,1-2H3,(H,21,24)(H2,20,22,25). The number of hydrogen-bond donors (Lipinski definition) is 3. The molecular weight excluding hydrogens is 332 g/mol. The largest absolute Gasteiger partial charge is 0.467 e. The molecule has 0 spiro atoms. The van der Waals surface area contributed by atoms with E-state index in [0.717, 1.165) is 31.2 Å². The van der Waals surface area contributed by atoms with Crippen molar-refractivity contribution < 1.29 is 14.0 Å². The van der Waals surface area contributed by atoms with Gasteiger partial charge in [0.05, 0.1) is 19.4 Å². The van der Waals surface area contributed by atoms with E-state index in [2.05, 4.69) is 34.7 Å². The van der Waals surface area contributed by atoms with Gasteiger partial charge in [0.15, 0.2) is 0 Å². The van der Waals surface area contributed by atoms with Gasteiger partial charge in [0.25, 0.3) is 0 Å². The van der Waals surface area contributed by atoms with Crippen LogP contribution in [-0.2, 0) is 11.3 Å². The molecule has 0 aromatic carbocycles. The molecule has 7 heteroatoms. The van der Waals surface area contributed by atoms with Crippen molar-refractivity contribution in [1.82, 2.24) is 20.9 Å². The van der Waals surface area contributed by atoms with Gasteiger partial charge in [-0.25, -0.2) is 4.79 Å². The summed E-state index contributed by atoms with van der Waals surface area (Å²) in [6.07, 6.45) is 4.90. The zero-order valence-corrected chi connectivity index (χ0v) is 15.9. The highest BCUT2D eigenvalue weighted by atomic mass is 16.3. The lowest BCUT2D eigenvalue weighted by atomic mass is 9.92. The number of furan rings is 1. The van der Waals surface area contributed by atoms with E-state index in [1.165, 1.54) is 19.5 Å². The summed E-state index contributed by atoms with van der Waals surface area (Å²) in [5.74, 6) is 1.99. The summed E-state index contributed by atoms with van der Waals surface area (Å²) in [4.78, 5) is 25.9. The van der Waals surface area contributed by atoms with Crippen LogP contribution in [0.4, 0.5) is 4.79 Å². The molecule has 0 saturated carbocycles. The van der Waals surface area contributed by atoms with E-state index in [4.69, 9.17) is 4.42 Å². The highest BCUT2D eigenvalue weighted by molar-refractivity contribution is 5.83. The molecule has 1 saturated heterocycles. The summed E-state index contributed by atoms with van der Waals surface area (Å²) in [6, 6.07) is 3.24. The van der Waals surface area contributed by atoms with Crippen LogP contribution in [0.2, 0.25) is 0 Å². The average Bonchev–Trinajstić information content (AvgIpc) is 3.10. The molecule has 3 N–H and O–H groups in total. The normalized spacial score (nSPS) is 20.5. The topological polar surface area (TPSA) is 86.6 Å². The van der Waals surface area contributed by atoms with Crippen LogP contribution >= 0.6 is 0 Å². The minimum atomic E-state index is -0.307. The number of amides is 3. The summed E-state index contributed by atoms with van der Waals surface area (Å²) in [5, 5.41) is 8.04. The van der Waals surface area contributed by atoms with E-state index < -0.39 is 0 Å². The number of nitrogens with one attached hydrogen (secondary N) is 3. The molecule has 146 valence electrons. The number of likely N-dealkylation sites (tertiary alicyclic amines) is 1. The Morgan fingerprint density at radius 3 is 2.62 bits per heavy atom. The number of hydrogen-bond acceptors (Lipinski definition) is 4. The van der Waals surface area contributed by atoms with Crippen molar-refractivity contribution in [3.8, 4) is 0 Å². The van der Waals surface area contributed by atoms with E-state index in [1.807, 2.05) is 0 Å². The second kappa shape index (κ2) is 10.9. The van der Waals surface area contributed by atoms with Gasteiger partial charge in [-0.2, -0.15) is 0 Å². The second-order valence-electron chi connectivity index (χ2n) is 7.38. The highest BCUT2D eigenvalue weighted by Crippen LogP contribution is 2.20. The van der Waals surface area contributed by atoms with E-state index >= 15 is 0 Å². The minimum Gasteiger partial charge on any atom is -0.467 e. The number of nitrogens with zero attached hydrogens (tertiary/aromatic N) is 1. The molecule has 2 atom stereocenters. The summed E-state index contributed by atoms with van der Waals surface area (Å²) in [6.45, 7) is 9.00. The molecule has 1 fully saturated rings. The maximum absolute atomic E-state index is 11.7. The van der Waals surface area contributed by atoms with Crippen LogP contribution in [0, 0.1) is 11.8 Å². The Balaban J connectivity index is 1.46. The highest BCUT2D eigenvalue weighted by Gasteiger charge is 2.20. The molecule has 1 aromatic heterocycles. The molecule has 2 unspecified atom stereocenters. The molecule has 26 heavy (non-hydrogen) atoms. The lowest BCUT2D eigenvalue weighted by Gasteiger charge is -2.34. The third-order valence-electron chi connectivity index (χ3n) is 4.58. The van der Waals surface area contributed by atoms with Crippen molar-refractivity contribution in [2.45, 2.75) is 39.7 Å². The number of carbonyl (C=O) groups is 2. The summed E-state index contributed by atoms with van der Waals surface area (Å²) in [5.41, 5.74) is 0. The van der Waals surface area contributed by atoms with Gasteiger partial charge < -0.3 is 25.3 Å². The Hall–Kier alpha value is -2.02. The lowest BCUT2D eigenvalue weighted by molar-refractivity contribution is -0.120. The Bertz CT molecular complexity index is 537. The predicted octanol–water partition coefficient (Wildman–Crippen LogP) is 1.95. The molecule has 1 aliphatic rings. The smallest absolute Gasteiger partial charge is 0.315 e. The first-order valence-electron chi connectivity index (χ1n) is 9.56. The first-order chi connectivity index (χ1) is 12.5. The van der Waals surface area contributed by atoms with Crippen LogP contribution < -0.4 is 16.0 Å². The van der Waals surface area contributed by atoms with Crippen molar-refractivity contribution in [2.24, 2.45) is 11.8 Å². The fourth-order valence-corrected chi connectivity index (χ4v) is 3.52. The van der Waals surface area contributed by atoms with Crippen LogP contribution in [0.15, 0.2) is 22.8 Å². The zero-order chi connectivity index (χ0) is 18.8. The van der Waals surface area contributed by atoms with Crippen LogP contribution in [0.1, 0.15) is 38.9 Å². The monoisotopic (exact) mass is 364 g/mol. The summed E-state index contributed by atoms with van der Waals surface area (Å²) >= 11 is 0.